The molecule has 1 atom stereocenters. The van der Waals surface area contributed by atoms with Crippen molar-refractivity contribution in [1.29, 1.82) is 0 Å². The predicted molar refractivity (Wildman–Crippen MR) is 52.8 cm³/mol. The van der Waals surface area contributed by atoms with Crippen LogP contribution in [0.15, 0.2) is 17.5 Å². The molecule has 1 aromatic rings. The Hall–Kier alpha value is 0.390. The Morgan fingerprint density at radius 2 is 2.50 bits per heavy atom. The number of alkyl halides is 1. The van der Waals surface area contributed by atoms with Crippen LogP contribution in [-0.2, 0) is 0 Å². The van der Waals surface area contributed by atoms with Crippen LogP contribution in [0.1, 0.15) is 17.4 Å². The lowest BCUT2D eigenvalue weighted by atomic mass is 10.6. The Morgan fingerprint density at radius 3 is 3.00 bits per heavy atom. The van der Waals surface area contributed by atoms with Crippen LogP contribution < -0.4 is 0 Å². The summed E-state index contributed by atoms with van der Waals surface area (Å²) in [5.74, 6) is 0. The zero-order valence-corrected chi connectivity index (χ0v) is 8.43. The molecule has 0 aliphatic rings. The van der Waals surface area contributed by atoms with Crippen LogP contribution in [0.4, 0.5) is 0 Å². The van der Waals surface area contributed by atoms with Crippen LogP contribution in [0, 0.1) is 0 Å². The van der Waals surface area contributed by atoms with Gasteiger partial charge in [-0.3, -0.25) is 0 Å². The lowest BCUT2D eigenvalue weighted by Crippen LogP contribution is -1.93. The third-order valence-electron chi connectivity index (χ3n) is 1.25. The molecular weight excluding hydrogens is 261 g/mol. The van der Waals surface area contributed by atoms with E-state index in [4.69, 9.17) is 0 Å². The van der Waals surface area contributed by atoms with Crippen molar-refractivity contribution < 1.29 is 5.11 Å². The number of halogens is 1. The van der Waals surface area contributed by atoms with E-state index < -0.39 is 0 Å². The summed E-state index contributed by atoms with van der Waals surface area (Å²) in [5, 5.41) is 11.4. The van der Waals surface area contributed by atoms with Gasteiger partial charge >= 0.3 is 0 Å². The molecule has 0 unspecified atom stereocenters. The molecule has 1 N–H and O–H groups in total. The van der Waals surface area contributed by atoms with E-state index in [9.17, 15) is 5.11 Å². The van der Waals surface area contributed by atoms with Gasteiger partial charge in [0.2, 0.25) is 0 Å². The second kappa shape index (κ2) is 4.31. The summed E-state index contributed by atoms with van der Waals surface area (Å²) in [6.07, 6.45) is 0.623. The molecule has 1 heterocycles. The van der Waals surface area contributed by atoms with Crippen molar-refractivity contribution in [2.45, 2.75) is 12.5 Å². The fourth-order valence-electron chi connectivity index (χ4n) is 0.726. The molecule has 0 radical (unpaired) electrons. The van der Waals surface area contributed by atoms with Crippen LogP contribution in [-0.4, -0.2) is 9.53 Å². The average molecular weight is 270 g/mol. The highest BCUT2D eigenvalue weighted by atomic mass is 127. The van der Waals surface area contributed by atoms with E-state index in [1.54, 1.807) is 11.3 Å². The van der Waals surface area contributed by atoms with Crippen LogP contribution in [0.5, 0.6) is 0 Å². The molecule has 56 valence electrons. The topological polar surface area (TPSA) is 20.2 Å². The van der Waals surface area contributed by atoms with Crippen LogP contribution >= 0.6 is 33.9 Å². The molecular formula is C7H9IOS. The number of thiophene rings is 1. The second-order valence-electron chi connectivity index (χ2n) is 2.01. The molecule has 0 spiro atoms. The first kappa shape index (κ1) is 8.49. The average Bonchev–Trinajstić information content (AvgIpc) is 2.38. The minimum Gasteiger partial charge on any atom is -0.388 e. The quantitative estimate of drug-likeness (QED) is 0.661. The third-order valence-corrected chi connectivity index (χ3v) is 2.85. The van der Waals surface area contributed by atoms with Gasteiger partial charge < -0.3 is 5.11 Å². The van der Waals surface area contributed by atoms with Crippen molar-refractivity contribution in [3.63, 3.8) is 0 Å². The molecule has 0 saturated carbocycles. The summed E-state index contributed by atoms with van der Waals surface area (Å²) >= 11 is 3.89. The fraction of sp³-hybridized carbons (Fsp3) is 0.429. The number of rotatable bonds is 3. The Bertz CT molecular complexity index is 174. The van der Waals surface area contributed by atoms with Crippen molar-refractivity contribution in [1.82, 2.24) is 0 Å². The SMILES string of the molecule is O[14C@@H](CCI)c1cccs1. The molecule has 0 aromatic carbocycles. The van der Waals surface area contributed by atoms with E-state index in [1.807, 2.05) is 17.5 Å². The summed E-state index contributed by atoms with van der Waals surface area (Å²) in [6.45, 7) is 0. The van der Waals surface area contributed by atoms with Gasteiger partial charge in [-0.25, -0.2) is 0 Å². The van der Waals surface area contributed by atoms with Gasteiger partial charge in [0, 0.05) is 9.30 Å². The van der Waals surface area contributed by atoms with E-state index in [0.29, 0.717) is 0 Å². The molecule has 1 nitrogen and oxygen atoms in total. The maximum absolute atomic E-state index is 9.42. The molecule has 0 bridgehead atoms. The van der Waals surface area contributed by atoms with Gasteiger partial charge in [-0.05, 0) is 17.9 Å². The Kier molecular flexibility index (Phi) is 3.65. The molecule has 0 fully saturated rings. The second-order valence-corrected chi connectivity index (χ2v) is 4.07. The highest BCUT2D eigenvalue weighted by Crippen LogP contribution is 2.21. The van der Waals surface area contributed by atoms with Gasteiger partial charge in [0.05, 0.1) is 6.10 Å². The van der Waals surface area contributed by atoms with Crippen molar-refractivity contribution in [3.8, 4) is 0 Å². The van der Waals surface area contributed by atoms with Gasteiger partial charge in [-0.15, -0.1) is 11.3 Å². The normalized spacial score (nSPS) is 13.4. The highest BCUT2D eigenvalue weighted by Gasteiger charge is 2.05. The van der Waals surface area contributed by atoms with Gasteiger partial charge in [0.15, 0.2) is 0 Å². The van der Waals surface area contributed by atoms with E-state index >= 15 is 0 Å². The molecule has 0 saturated heterocycles. The van der Waals surface area contributed by atoms with Crippen LogP contribution in [0.3, 0.4) is 0 Å². The maximum Gasteiger partial charge on any atom is 0.0889 e. The lowest BCUT2D eigenvalue weighted by Gasteiger charge is -2.03. The first-order valence-electron chi connectivity index (χ1n) is 3.12. The van der Waals surface area contributed by atoms with Gasteiger partial charge in [0.1, 0.15) is 0 Å². The van der Waals surface area contributed by atoms with Crippen molar-refractivity contribution in [3.05, 3.63) is 22.4 Å². The summed E-state index contributed by atoms with van der Waals surface area (Å²) in [4.78, 5) is 1.08. The largest absolute Gasteiger partial charge is 0.388 e. The first-order valence-corrected chi connectivity index (χ1v) is 5.52. The van der Waals surface area contributed by atoms with Crippen molar-refractivity contribution >= 4 is 33.9 Å². The molecule has 1 rings (SSSR count). The summed E-state index contributed by atoms with van der Waals surface area (Å²) in [7, 11) is 0. The van der Waals surface area contributed by atoms with Gasteiger partial charge in [0.25, 0.3) is 0 Å². The minimum absolute atomic E-state index is 0.239. The molecule has 0 amide bonds. The monoisotopic (exact) mass is 270 g/mol. The Balaban J connectivity index is 2.50. The number of aliphatic hydroxyl groups is 1. The molecule has 0 aliphatic carbocycles. The van der Waals surface area contributed by atoms with E-state index in [1.165, 1.54) is 0 Å². The summed E-state index contributed by atoms with van der Waals surface area (Å²) in [6, 6.07) is 3.94. The first-order chi connectivity index (χ1) is 4.84. The van der Waals surface area contributed by atoms with Gasteiger partial charge in [-0.1, -0.05) is 28.7 Å². The zero-order chi connectivity index (χ0) is 7.40. The standard InChI is InChI=1S/C7H9IOS/c8-4-3-6(9)7-2-1-5-10-7/h1-2,5-6,9H,3-4H2/t6-/m0/s1/i6+2. The smallest absolute Gasteiger partial charge is 0.0889 e. The Labute approximate surface area is 78.2 Å². The minimum atomic E-state index is -0.239. The lowest BCUT2D eigenvalue weighted by molar-refractivity contribution is 0.179. The third kappa shape index (κ3) is 2.21. The van der Waals surface area contributed by atoms with Gasteiger partial charge in [-0.2, -0.15) is 0 Å². The summed E-state index contributed by atoms with van der Waals surface area (Å²) in [5.41, 5.74) is 0. The highest BCUT2D eigenvalue weighted by molar-refractivity contribution is 14.1. The number of hydrogen-bond acceptors (Lipinski definition) is 2. The van der Waals surface area contributed by atoms with E-state index in [-0.39, 0.29) is 6.10 Å². The fourth-order valence-corrected chi connectivity index (χ4v) is 2.06. The molecule has 1 aromatic heterocycles. The van der Waals surface area contributed by atoms with Crippen LogP contribution in [0.2, 0.25) is 0 Å². The van der Waals surface area contributed by atoms with Crippen LogP contribution in [0.25, 0.3) is 0 Å². The van der Waals surface area contributed by atoms with Crippen molar-refractivity contribution in [2.24, 2.45) is 0 Å². The number of hydrogen-bond donors (Lipinski definition) is 1. The predicted octanol–water partition coefficient (Wildman–Crippen LogP) is 2.61. The van der Waals surface area contributed by atoms with E-state index in [0.717, 1.165) is 15.7 Å². The molecule has 0 aliphatic heterocycles. The maximum atomic E-state index is 9.42. The van der Waals surface area contributed by atoms with Crippen molar-refractivity contribution in [2.75, 3.05) is 4.43 Å². The van der Waals surface area contributed by atoms with E-state index in [2.05, 4.69) is 22.6 Å². The molecule has 3 heteroatoms. The zero-order valence-electron chi connectivity index (χ0n) is 5.46. The Morgan fingerprint density at radius 1 is 1.70 bits per heavy atom. The molecule has 10 heavy (non-hydrogen) atoms. The number of aliphatic hydroxyl groups excluding tert-OH is 1. The summed E-state index contributed by atoms with van der Waals surface area (Å²) < 4.78 is 1.01.